The van der Waals surface area contributed by atoms with Crippen molar-refractivity contribution >= 4 is 22.8 Å². The molecule has 0 unspecified atom stereocenters. The fourth-order valence-electron chi connectivity index (χ4n) is 2.38. The number of carbonyl (C=O) groups is 2. The van der Waals surface area contributed by atoms with Gasteiger partial charge in [-0.3, -0.25) is 14.3 Å². The number of pyridine rings is 1. The predicted octanol–water partition coefficient (Wildman–Crippen LogP) is 1.54. The van der Waals surface area contributed by atoms with Gasteiger partial charge in [0.1, 0.15) is 6.54 Å². The predicted molar refractivity (Wildman–Crippen MR) is 88.3 cm³/mol. The van der Waals surface area contributed by atoms with E-state index >= 15 is 0 Å². The lowest BCUT2D eigenvalue weighted by molar-refractivity contribution is -0.139. The second-order valence-corrected chi connectivity index (χ2v) is 5.23. The topological polar surface area (TPSA) is 86.1 Å². The molecule has 1 N–H and O–H groups in total. The van der Waals surface area contributed by atoms with Crippen molar-refractivity contribution in [1.82, 2.24) is 20.1 Å². The van der Waals surface area contributed by atoms with Crippen LogP contribution in [0.4, 0.5) is 0 Å². The number of ether oxygens (including phenoxy) is 1. The number of rotatable bonds is 4. The van der Waals surface area contributed by atoms with Crippen LogP contribution in [0.3, 0.4) is 0 Å². The monoisotopic (exact) mass is 324 g/mol. The maximum atomic E-state index is 12.5. The fourth-order valence-corrected chi connectivity index (χ4v) is 2.38. The summed E-state index contributed by atoms with van der Waals surface area (Å²) in [6.07, 6.45) is 3.51. The Labute approximate surface area is 138 Å². The molecule has 122 valence electrons. The molecule has 7 heteroatoms. The average Bonchev–Trinajstić information content (AvgIpc) is 3.04. The van der Waals surface area contributed by atoms with Gasteiger partial charge in [-0.15, -0.1) is 0 Å². The number of aromatic nitrogens is 3. The van der Waals surface area contributed by atoms with Gasteiger partial charge in [-0.2, -0.15) is 5.10 Å². The maximum absolute atomic E-state index is 12.5. The number of nitrogens with zero attached hydrogens (tertiary/aromatic N) is 3. The Morgan fingerprint density at radius 3 is 2.79 bits per heavy atom. The van der Waals surface area contributed by atoms with Crippen molar-refractivity contribution in [3.8, 4) is 11.3 Å². The molecule has 0 saturated heterocycles. The minimum Gasteiger partial charge on any atom is -0.468 e. The van der Waals surface area contributed by atoms with Crippen molar-refractivity contribution in [2.24, 2.45) is 7.05 Å². The molecule has 7 nitrogen and oxygen atoms in total. The quantitative estimate of drug-likeness (QED) is 0.736. The first-order chi connectivity index (χ1) is 11.6. The highest BCUT2D eigenvalue weighted by Crippen LogP contribution is 2.24. The van der Waals surface area contributed by atoms with E-state index in [0.29, 0.717) is 22.2 Å². The average molecular weight is 324 g/mol. The summed E-state index contributed by atoms with van der Waals surface area (Å²) in [5.74, 6) is -0.863. The summed E-state index contributed by atoms with van der Waals surface area (Å²) in [6.45, 7) is -0.186. The van der Waals surface area contributed by atoms with Crippen molar-refractivity contribution in [2.75, 3.05) is 13.7 Å². The maximum Gasteiger partial charge on any atom is 0.325 e. The Bertz CT molecular complexity index is 917. The van der Waals surface area contributed by atoms with Crippen LogP contribution in [0, 0.1) is 0 Å². The van der Waals surface area contributed by atoms with E-state index in [2.05, 4.69) is 20.1 Å². The number of methoxy groups -OCH3 is 1. The molecule has 2 aromatic heterocycles. The van der Waals surface area contributed by atoms with Gasteiger partial charge in [0.15, 0.2) is 0 Å². The van der Waals surface area contributed by atoms with Crippen LogP contribution in [0.5, 0.6) is 0 Å². The molecule has 0 spiro atoms. The molecule has 3 rings (SSSR count). The molecule has 24 heavy (non-hydrogen) atoms. The molecule has 0 aliphatic rings. The van der Waals surface area contributed by atoms with Crippen LogP contribution >= 0.6 is 0 Å². The smallest absolute Gasteiger partial charge is 0.325 e. The number of nitrogens with one attached hydrogen (secondary N) is 1. The van der Waals surface area contributed by atoms with Crippen LogP contribution in [0.15, 0.2) is 42.7 Å². The van der Waals surface area contributed by atoms with Crippen LogP contribution in [-0.2, 0) is 16.6 Å². The van der Waals surface area contributed by atoms with E-state index in [0.717, 1.165) is 5.56 Å². The standard InChI is InChI=1S/C17H16N4O3/c1-21-10-11(8-19-21)15-7-13(17(23)18-9-16(22)24-2)12-5-3-4-6-14(12)20-15/h3-8,10H,9H2,1-2H3,(H,18,23). The third-order valence-electron chi connectivity index (χ3n) is 3.58. The van der Waals surface area contributed by atoms with E-state index in [-0.39, 0.29) is 12.5 Å². The summed E-state index contributed by atoms with van der Waals surface area (Å²) in [5.41, 5.74) is 2.60. The molecule has 3 aromatic rings. The molecule has 0 bridgehead atoms. The number of carbonyl (C=O) groups excluding carboxylic acids is 2. The second-order valence-electron chi connectivity index (χ2n) is 5.23. The highest BCUT2D eigenvalue weighted by Gasteiger charge is 2.15. The number of hydrogen-bond donors (Lipinski definition) is 1. The summed E-state index contributed by atoms with van der Waals surface area (Å²) in [4.78, 5) is 28.3. The van der Waals surface area contributed by atoms with Crippen molar-refractivity contribution in [3.63, 3.8) is 0 Å². The largest absolute Gasteiger partial charge is 0.468 e. The normalized spacial score (nSPS) is 10.6. The lowest BCUT2D eigenvalue weighted by Gasteiger charge is -2.09. The third kappa shape index (κ3) is 3.10. The van der Waals surface area contributed by atoms with E-state index < -0.39 is 5.97 Å². The van der Waals surface area contributed by atoms with E-state index in [9.17, 15) is 9.59 Å². The number of esters is 1. The van der Waals surface area contributed by atoms with Crippen LogP contribution in [0.1, 0.15) is 10.4 Å². The van der Waals surface area contributed by atoms with Gasteiger partial charge in [-0.25, -0.2) is 4.98 Å². The van der Waals surface area contributed by atoms with Gasteiger partial charge in [0.05, 0.1) is 30.1 Å². The summed E-state index contributed by atoms with van der Waals surface area (Å²) in [6, 6.07) is 9.06. The van der Waals surface area contributed by atoms with Crippen molar-refractivity contribution in [2.45, 2.75) is 0 Å². The zero-order valence-corrected chi connectivity index (χ0v) is 13.3. The number of fused-ring (bicyclic) bond motifs is 1. The van der Waals surface area contributed by atoms with Gasteiger partial charge in [0, 0.05) is 24.2 Å². The van der Waals surface area contributed by atoms with Crippen LogP contribution in [-0.4, -0.2) is 40.3 Å². The lowest BCUT2D eigenvalue weighted by atomic mass is 10.0. The number of para-hydroxylation sites is 1. The number of benzene rings is 1. The van der Waals surface area contributed by atoms with Gasteiger partial charge in [-0.1, -0.05) is 18.2 Å². The van der Waals surface area contributed by atoms with E-state index in [1.54, 1.807) is 16.9 Å². The summed E-state index contributed by atoms with van der Waals surface area (Å²) < 4.78 is 6.21. The third-order valence-corrected chi connectivity index (χ3v) is 3.58. The molecule has 0 fully saturated rings. The number of hydrogen-bond acceptors (Lipinski definition) is 5. The molecule has 1 aromatic carbocycles. The van der Waals surface area contributed by atoms with E-state index in [1.165, 1.54) is 7.11 Å². The molecule has 0 aliphatic heterocycles. The minimum atomic E-state index is -0.505. The van der Waals surface area contributed by atoms with Gasteiger partial charge in [0.25, 0.3) is 5.91 Å². The van der Waals surface area contributed by atoms with Gasteiger partial charge in [0.2, 0.25) is 0 Å². The zero-order valence-electron chi connectivity index (χ0n) is 13.3. The second kappa shape index (κ2) is 6.49. The fraction of sp³-hybridized carbons (Fsp3) is 0.176. The van der Waals surface area contributed by atoms with Crippen molar-refractivity contribution < 1.29 is 14.3 Å². The Morgan fingerprint density at radius 2 is 2.08 bits per heavy atom. The van der Waals surface area contributed by atoms with Crippen molar-refractivity contribution in [3.05, 3.63) is 48.3 Å². The molecule has 2 heterocycles. The molecule has 0 atom stereocenters. The first kappa shape index (κ1) is 15.7. The van der Waals surface area contributed by atoms with Crippen LogP contribution < -0.4 is 5.32 Å². The number of amides is 1. The van der Waals surface area contributed by atoms with E-state index in [1.807, 2.05) is 37.5 Å². The first-order valence-corrected chi connectivity index (χ1v) is 7.32. The van der Waals surface area contributed by atoms with Crippen LogP contribution in [0.2, 0.25) is 0 Å². The van der Waals surface area contributed by atoms with E-state index in [4.69, 9.17) is 0 Å². The SMILES string of the molecule is COC(=O)CNC(=O)c1cc(-c2cnn(C)c2)nc2ccccc12. The van der Waals surface area contributed by atoms with Crippen molar-refractivity contribution in [1.29, 1.82) is 0 Å². The lowest BCUT2D eigenvalue weighted by Crippen LogP contribution is -2.30. The van der Waals surface area contributed by atoms with Crippen LogP contribution in [0.25, 0.3) is 22.2 Å². The molecular weight excluding hydrogens is 308 g/mol. The summed E-state index contributed by atoms with van der Waals surface area (Å²) >= 11 is 0. The number of aryl methyl sites for hydroxylation is 1. The highest BCUT2D eigenvalue weighted by molar-refractivity contribution is 6.07. The Kier molecular flexibility index (Phi) is 4.24. The highest BCUT2D eigenvalue weighted by atomic mass is 16.5. The minimum absolute atomic E-state index is 0.186. The molecule has 0 saturated carbocycles. The zero-order chi connectivity index (χ0) is 17.1. The van der Waals surface area contributed by atoms with Gasteiger partial charge in [-0.05, 0) is 12.1 Å². The Hall–Kier alpha value is -3.22. The van der Waals surface area contributed by atoms with Gasteiger partial charge < -0.3 is 10.1 Å². The summed E-state index contributed by atoms with van der Waals surface area (Å²) in [7, 11) is 3.09. The Balaban J connectivity index is 2.04. The summed E-state index contributed by atoms with van der Waals surface area (Å²) in [5, 5.41) is 7.41. The molecule has 1 amide bonds. The molecule has 0 aliphatic carbocycles. The molecular formula is C17H16N4O3. The molecule has 0 radical (unpaired) electrons. The van der Waals surface area contributed by atoms with Gasteiger partial charge >= 0.3 is 5.97 Å². The Morgan fingerprint density at radius 1 is 1.29 bits per heavy atom. The first-order valence-electron chi connectivity index (χ1n) is 7.32.